The van der Waals surface area contributed by atoms with E-state index in [1.54, 1.807) is 0 Å². The minimum Gasteiger partial charge on any atom is -0.329 e. The molecule has 0 unspecified atom stereocenters. The summed E-state index contributed by atoms with van der Waals surface area (Å²) in [4.78, 5) is 2.55. The molecule has 0 saturated carbocycles. The Hall–Kier alpha value is -0.860. The van der Waals surface area contributed by atoms with Crippen molar-refractivity contribution in [2.45, 2.75) is 32.7 Å². The summed E-state index contributed by atoms with van der Waals surface area (Å²) in [5.74, 6) is 0.809. The van der Waals surface area contributed by atoms with Gasteiger partial charge in [-0.3, -0.25) is 4.90 Å². The van der Waals surface area contributed by atoms with Crippen LogP contribution in [-0.2, 0) is 0 Å². The molecule has 1 aliphatic heterocycles. The molecule has 2 atom stereocenters. The molecule has 1 heterocycles. The van der Waals surface area contributed by atoms with E-state index >= 15 is 0 Å². The molecule has 1 aliphatic rings. The standard InChI is InChI=1S/C15H24N2/c1-12-5-7-14(8-6-12)15(10-16)17-9-3-4-13(2)11-17/h5-8,13,15H,3-4,9-11,16H2,1-2H3/t13-,15+/m0/s1. The maximum absolute atomic E-state index is 5.98. The average molecular weight is 232 g/mol. The van der Waals surface area contributed by atoms with Gasteiger partial charge in [0.05, 0.1) is 0 Å². The van der Waals surface area contributed by atoms with Gasteiger partial charge >= 0.3 is 0 Å². The van der Waals surface area contributed by atoms with Crippen LogP contribution in [0.1, 0.15) is 36.9 Å². The van der Waals surface area contributed by atoms with Gasteiger partial charge in [0.1, 0.15) is 0 Å². The van der Waals surface area contributed by atoms with Crippen molar-refractivity contribution in [2.24, 2.45) is 11.7 Å². The minimum absolute atomic E-state index is 0.401. The normalized spacial score (nSPS) is 23.6. The monoisotopic (exact) mass is 232 g/mol. The Morgan fingerprint density at radius 3 is 2.65 bits per heavy atom. The quantitative estimate of drug-likeness (QED) is 0.868. The van der Waals surface area contributed by atoms with Crippen LogP contribution in [0.2, 0.25) is 0 Å². The summed E-state index contributed by atoms with van der Waals surface area (Å²) in [7, 11) is 0. The Morgan fingerprint density at radius 2 is 2.06 bits per heavy atom. The second-order valence-electron chi connectivity index (χ2n) is 5.40. The molecule has 2 rings (SSSR count). The molecule has 1 aromatic rings. The summed E-state index contributed by atoms with van der Waals surface area (Å²) in [5, 5.41) is 0. The van der Waals surface area contributed by atoms with Gasteiger partial charge in [0, 0.05) is 19.1 Å². The molecule has 1 saturated heterocycles. The summed E-state index contributed by atoms with van der Waals surface area (Å²) in [5.41, 5.74) is 8.66. The molecule has 1 aromatic carbocycles. The molecule has 17 heavy (non-hydrogen) atoms. The van der Waals surface area contributed by atoms with Crippen molar-refractivity contribution in [3.63, 3.8) is 0 Å². The molecule has 94 valence electrons. The van der Waals surface area contributed by atoms with Gasteiger partial charge in [0.25, 0.3) is 0 Å². The van der Waals surface area contributed by atoms with E-state index in [4.69, 9.17) is 5.73 Å². The van der Waals surface area contributed by atoms with Gasteiger partial charge in [-0.05, 0) is 37.8 Å². The lowest BCUT2D eigenvalue weighted by molar-refractivity contribution is 0.133. The van der Waals surface area contributed by atoms with Gasteiger partial charge < -0.3 is 5.73 Å². The molecular weight excluding hydrogens is 208 g/mol. The number of likely N-dealkylation sites (tertiary alicyclic amines) is 1. The molecule has 0 amide bonds. The van der Waals surface area contributed by atoms with Crippen LogP contribution in [0.5, 0.6) is 0 Å². The van der Waals surface area contributed by atoms with E-state index in [0.717, 1.165) is 12.5 Å². The van der Waals surface area contributed by atoms with E-state index in [1.165, 1.54) is 37.1 Å². The summed E-state index contributed by atoms with van der Waals surface area (Å²) < 4.78 is 0. The largest absolute Gasteiger partial charge is 0.329 e. The van der Waals surface area contributed by atoms with Gasteiger partial charge in [0.15, 0.2) is 0 Å². The first-order valence-corrected chi connectivity index (χ1v) is 6.71. The van der Waals surface area contributed by atoms with E-state index in [2.05, 4.69) is 43.0 Å². The smallest absolute Gasteiger partial charge is 0.0470 e. The predicted molar refractivity (Wildman–Crippen MR) is 72.9 cm³/mol. The van der Waals surface area contributed by atoms with Crippen molar-refractivity contribution in [3.8, 4) is 0 Å². The molecule has 0 spiro atoms. The third-order valence-electron chi connectivity index (χ3n) is 3.81. The van der Waals surface area contributed by atoms with E-state index in [1.807, 2.05) is 0 Å². The lowest BCUT2D eigenvalue weighted by atomic mass is 9.96. The van der Waals surface area contributed by atoms with Crippen molar-refractivity contribution in [1.82, 2.24) is 4.90 Å². The fraction of sp³-hybridized carbons (Fsp3) is 0.600. The Morgan fingerprint density at radius 1 is 1.35 bits per heavy atom. The van der Waals surface area contributed by atoms with E-state index in [0.29, 0.717) is 6.04 Å². The lowest BCUT2D eigenvalue weighted by Gasteiger charge is -2.37. The lowest BCUT2D eigenvalue weighted by Crippen LogP contribution is -2.40. The molecule has 0 radical (unpaired) electrons. The summed E-state index contributed by atoms with van der Waals surface area (Å²) >= 11 is 0. The Bertz CT molecular complexity index is 344. The van der Waals surface area contributed by atoms with Crippen LogP contribution in [-0.4, -0.2) is 24.5 Å². The third kappa shape index (κ3) is 3.08. The fourth-order valence-electron chi connectivity index (χ4n) is 2.79. The van der Waals surface area contributed by atoms with E-state index in [9.17, 15) is 0 Å². The highest BCUT2D eigenvalue weighted by molar-refractivity contribution is 5.24. The first-order chi connectivity index (χ1) is 8.20. The maximum Gasteiger partial charge on any atom is 0.0470 e. The van der Waals surface area contributed by atoms with Crippen molar-refractivity contribution in [3.05, 3.63) is 35.4 Å². The zero-order valence-electron chi connectivity index (χ0n) is 11.0. The molecule has 0 bridgehead atoms. The van der Waals surface area contributed by atoms with Crippen LogP contribution in [0.4, 0.5) is 0 Å². The van der Waals surface area contributed by atoms with Crippen LogP contribution < -0.4 is 5.73 Å². The minimum atomic E-state index is 0.401. The molecular formula is C15H24N2. The number of rotatable bonds is 3. The SMILES string of the molecule is Cc1ccc([C@@H](CN)N2CCC[C@H](C)C2)cc1. The summed E-state index contributed by atoms with van der Waals surface area (Å²) in [6.07, 6.45) is 2.67. The summed E-state index contributed by atoms with van der Waals surface area (Å²) in [6, 6.07) is 9.23. The van der Waals surface area contributed by atoms with Crippen LogP contribution in [0, 0.1) is 12.8 Å². The second-order valence-corrected chi connectivity index (χ2v) is 5.40. The van der Waals surface area contributed by atoms with Crippen molar-refractivity contribution in [2.75, 3.05) is 19.6 Å². The number of nitrogens with zero attached hydrogens (tertiary/aromatic N) is 1. The Labute approximate surface area is 105 Å². The molecule has 1 fully saturated rings. The van der Waals surface area contributed by atoms with Crippen molar-refractivity contribution >= 4 is 0 Å². The predicted octanol–water partition coefficient (Wildman–Crippen LogP) is 2.73. The number of nitrogens with two attached hydrogens (primary N) is 1. The average Bonchev–Trinajstić information content (AvgIpc) is 2.33. The van der Waals surface area contributed by atoms with E-state index < -0.39 is 0 Å². The second kappa shape index (κ2) is 5.65. The third-order valence-corrected chi connectivity index (χ3v) is 3.81. The fourth-order valence-corrected chi connectivity index (χ4v) is 2.79. The van der Waals surface area contributed by atoms with Crippen LogP contribution in [0.15, 0.2) is 24.3 Å². The zero-order chi connectivity index (χ0) is 12.3. The maximum atomic E-state index is 5.98. The van der Waals surface area contributed by atoms with Crippen LogP contribution in [0.25, 0.3) is 0 Å². The van der Waals surface area contributed by atoms with E-state index in [-0.39, 0.29) is 0 Å². The molecule has 0 aromatic heterocycles. The number of hydrogen-bond donors (Lipinski definition) is 1. The van der Waals surface area contributed by atoms with Gasteiger partial charge in [-0.1, -0.05) is 36.8 Å². The highest BCUT2D eigenvalue weighted by Gasteiger charge is 2.23. The highest BCUT2D eigenvalue weighted by Crippen LogP contribution is 2.26. The number of benzene rings is 1. The molecule has 2 N–H and O–H groups in total. The van der Waals surface area contributed by atoms with Gasteiger partial charge in [-0.25, -0.2) is 0 Å². The van der Waals surface area contributed by atoms with Crippen molar-refractivity contribution in [1.29, 1.82) is 0 Å². The topological polar surface area (TPSA) is 29.3 Å². The number of piperidine rings is 1. The highest BCUT2D eigenvalue weighted by atomic mass is 15.2. The van der Waals surface area contributed by atoms with Gasteiger partial charge in [-0.15, -0.1) is 0 Å². The molecule has 0 aliphatic carbocycles. The Balaban J connectivity index is 2.12. The van der Waals surface area contributed by atoms with Gasteiger partial charge in [0.2, 0.25) is 0 Å². The van der Waals surface area contributed by atoms with Gasteiger partial charge in [-0.2, -0.15) is 0 Å². The first kappa shape index (κ1) is 12.6. The Kier molecular flexibility index (Phi) is 4.19. The molecule has 2 nitrogen and oxygen atoms in total. The molecule has 2 heteroatoms. The van der Waals surface area contributed by atoms with Crippen molar-refractivity contribution < 1.29 is 0 Å². The number of aryl methyl sites for hydroxylation is 1. The number of hydrogen-bond acceptors (Lipinski definition) is 2. The van der Waals surface area contributed by atoms with Crippen LogP contribution in [0.3, 0.4) is 0 Å². The first-order valence-electron chi connectivity index (χ1n) is 6.71. The van der Waals surface area contributed by atoms with Crippen LogP contribution >= 0.6 is 0 Å². The summed E-state index contributed by atoms with van der Waals surface area (Å²) in [6.45, 7) is 7.57. The zero-order valence-corrected chi connectivity index (χ0v) is 11.0.